The summed E-state index contributed by atoms with van der Waals surface area (Å²) in [6.45, 7) is 3.20. The number of hydrogen-bond donors (Lipinski definition) is 2. The molecule has 1 aliphatic rings. The van der Waals surface area contributed by atoms with Crippen LogP contribution in [0.1, 0.15) is 32.6 Å². The number of nitrogens with one attached hydrogen (secondary N) is 1. The molecule has 0 saturated heterocycles. The van der Waals surface area contributed by atoms with Crippen molar-refractivity contribution in [2.75, 3.05) is 6.54 Å². The average Bonchev–Trinajstić information content (AvgIpc) is 2.46. The van der Waals surface area contributed by atoms with Crippen molar-refractivity contribution in [2.24, 2.45) is 5.92 Å². The summed E-state index contributed by atoms with van der Waals surface area (Å²) in [5.41, 5.74) is 0. The lowest BCUT2D eigenvalue weighted by Crippen LogP contribution is -2.37. The highest BCUT2D eigenvalue weighted by molar-refractivity contribution is 8.00. The zero-order valence-corrected chi connectivity index (χ0v) is 12.7. The molecule has 2 rings (SSSR count). The first kappa shape index (κ1) is 15.4. The smallest absolute Gasteiger partial charge is 0.306 e. The third kappa shape index (κ3) is 4.84. The van der Waals surface area contributed by atoms with Crippen LogP contribution in [0.3, 0.4) is 0 Å². The van der Waals surface area contributed by atoms with Crippen molar-refractivity contribution in [3.05, 3.63) is 30.3 Å². The summed E-state index contributed by atoms with van der Waals surface area (Å²) in [4.78, 5) is 12.2. The van der Waals surface area contributed by atoms with Crippen LogP contribution in [0.2, 0.25) is 0 Å². The van der Waals surface area contributed by atoms with E-state index in [-0.39, 0.29) is 5.92 Å². The van der Waals surface area contributed by atoms with Crippen molar-refractivity contribution in [1.29, 1.82) is 0 Å². The van der Waals surface area contributed by atoms with Crippen molar-refractivity contribution < 1.29 is 9.90 Å². The molecule has 110 valence electrons. The van der Waals surface area contributed by atoms with Crippen LogP contribution in [0, 0.1) is 5.92 Å². The minimum absolute atomic E-state index is 0.121. The van der Waals surface area contributed by atoms with Crippen molar-refractivity contribution in [1.82, 2.24) is 5.32 Å². The van der Waals surface area contributed by atoms with Gasteiger partial charge in [-0.15, -0.1) is 11.8 Å². The van der Waals surface area contributed by atoms with Gasteiger partial charge >= 0.3 is 5.97 Å². The van der Waals surface area contributed by atoms with Gasteiger partial charge < -0.3 is 10.4 Å². The number of hydrogen-bond acceptors (Lipinski definition) is 3. The Hall–Kier alpha value is -1.00. The highest BCUT2D eigenvalue weighted by Gasteiger charge is 2.25. The lowest BCUT2D eigenvalue weighted by molar-refractivity contribution is -0.142. The molecule has 1 saturated carbocycles. The van der Waals surface area contributed by atoms with E-state index in [0.717, 1.165) is 32.2 Å². The van der Waals surface area contributed by atoms with Gasteiger partial charge in [-0.3, -0.25) is 4.79 Å². The summed E-state index contributed by atoms with van der Waals surface area (Å²) in [5.74, 6) is -0.749. The Labute approximate surface area is 125 Å². The van der Waals surface area contributed by atoms with Gasteiger partial charge in [0.05, 0.1) is 5.92 Å². The molecule has 1 aliphatic carbocycles. The molecule has 1 aromatic carbocycles. The van der Waals surface area contributed by atoms with E-state index < -0.39 is 5.97 Å². The number of aliphatic carboxylic acids is 1. The second-order valence-electron chi connectivity index (χ2n) is 5.54. The molecule has 0 spiro atoms. The van der Waals surface area contributed by atoms with E-state index in [9.17, 15) is 4.79 Å². The normalized spacial score (nSPS) is 24.2. The van der Waals surface area contributed by atoms with Crippen molar-refractivity contribution in [2.45, 2.75) is 48.8 Å². The van der Waals surface area contributed by atoms with Crippen LogP contribution in [0.15, 0.2) is 35.2 Å². The molecule has 0 aliphatic heterocycles. The van der Waals surface area contributed by atoms with E-state index in [1.165, 1.54) is 4.90 Å². The van der Waals surface area contributed by atoms with Crippen LogP contribution >= 0.6 is 11.8 Å². The van der Waals surface area contributed by atoms with E-state index in [0.29, 0.717) is 11.3 Å². The lowest BCUT2D eigenvalue weighted by Gasteiger charge is -2.28. The molecule has 0 amide bonds. The van der Waals surface area contributed by atoms with Gasteiger partial charge in [0.15, 0.2) is 0 Å². The SMILES string of the molecule is CC(CNC1CCC(C(=O)O)CC1)Sc1ccccc1. The fourth-order valence-electron chi connectivity index (χ4n) is 2.65. The number of carbonyl (C=O) groups is 1. The zero-order valence-electron chi connectivity index (χ0n) is 11.9. The summed E-state index contributed by atoms with van der Waals surface area (Å²) in [6.07, 6.45) is 3.60. The molecule has 1 aromatic rings. The average molecular weight is 293 g/mol. The molecule has 0 aromatic heterocycles. The Bertz CT molecular complexity index is 416. The quantitative estimate of drug-likeness (QED) is 0.789. The minimum Gasteiger partial charge on any atom is -0.481 e. The van der Waals surface area contributed by atoms with Gasteiger partial charge in [0.1, 0.15) is 0 Å². The van der Waals surface area contributed by atoms with E-state index in [1.807, 2.05) is 17.8 Å². The molecular formula is C16H23NO2S. The van der Waals surface area contributed by atoms with Gasteiger partial charge in [-0.25, -0.2) is 0 Å². The van der Waals surface area contributed by atoms with Crippen LogP contribution in [-0.2, 0) is 4.79 Å². The topological polar surface area (TPSA) is 49.3 Å². The van der Waals surface area contributed by atoms with Gasteiger partial charge in [0.2, 0.25) is 0 Å². The van der Waals surface area contributed by atoms with Gasteiger partial charge in [-0.2, -0.15) is 0 Å². The molecule has 2 N–H and O–H groups in total. The molecule has 3 nitrogen and oxygen atoms in total. The number of carboxylic acid groups (broad SMARTS) is 1. The van der Waals surface area contributed by atoms with Crippen molar-refractivity contribution in [3.63, 3.8) is 0 Å². The fourth-order valence-corrected chi connectivity index (χ4v) is 3.61. The van der Waals surface area contributed by atoms with Gasteiger partial charge in [-0.05, 0) is 37.8 Å². The second-order valence-corrected chi connectivity index (χ2v) is 7.05. The molecule has 20 heavy (non-hydrogen) atoms. The summed E-state index contributed by atoms with van der Waals surface area (Å²) >= 11 is 1.88. The lowest BCUT2D eigenvalue weighted by atomic mass is 9.86. The Balaban J connectivity index is 1.67. The maximum Gasteiger partial charge on any atom is 0.306 e. The van der Waals surface area contributed by atoms with Gasteiger partial charge in [0, 0.05) is 22.7 Å². The molecule has 1 atom stereocenters. The van der Waals surface area contributed by atoms with Gasteiger partial charge in [-0.1, -0.05) is 25.1 Å². The summed E-state index contributed by atoms with van der Waals surface area (Å²) in [6, 6.07) is 10.9. The number of benzene rings is 1. The van der Waals surface area contributed by atoms with E-state index in [1.54, 1.807) is 0 Å². The van der Waals surface area contributed by atoms with Crippen LogP contribution < -0.4 is 5.32 Å². The Kier molecular flexibility index (Phi) is 5.92. The number of rotatable bonds is 6. The first-order chi connectivity index (χ1) is 9.65. The minimum atomic E-state index is -0.628. The van der Waals surface area contributed by atoms with Crippen LogP contribution in [-0.4, -0.2) is 28.9 Å². The summed E-state index contributed by atoms with van der Waals surface area (Å²) in [5, 5.41) is 13.1. The monoisotopic (exact) mass is 293 g/mol. The summed E-state index contributed by atoms with van der Waals surface area (Å²) in [7, 11) is 0. The summed E-state index contributed by atoms with van der Waals surface area (Å²) < 4.78 is 0. The predicted octanol–water partition coefficient (Wildman–Crippen LogP) is 3.40. The first-order valence-corrected chi connectivity index (χ1v) is 8.21. The fraction of sp³-hybridized carbons (Fsp3) is 0.562. The molecule has 1 fully saturated rings. The number of carboxylic acids is 1. The maximum atomic E-state index is 10.9. The van der Waals surface area contributed by atoms with Crippen molar-refractivity contribution >= 4 is 17.7 Å². The standard InChI is InChI=1S/C16H23NO2S/c1-12(20-15-5-3-2-4-6-15)11-17-14-9-7-13(8-10-14)16(18)19/h2-6,12-14,17H,7-11H2,1H3,(H,18,19). The third-order valence-electron chi connectivity index (χ3n) is 3.85. The molecular weight excluding hydrogens is 270 g/mol. The van der Waals surface area contributed by atoms with Crippen LogP contribution in [0.4, 0.5) is 0 Å². The highest BCUT2D eigenvalue weighted by atomic mass is 32.2. The third-order valence-corrected chi connectivity index (χ3v) is 4.96. The predicted molar refractivity (Wildman–Crippen MR) is 83.1 cm³/mol. The van der Waals surface area contributed by atoms with Crippen LogP contribution in [0.25, 0.3) is 0 Å². The molecule has 1 unspecified atom stereocenters. The zero-order chi connectivity index (χ0) is 14.4. The largest absolute Gasteiger partial charge is 0.481 e. The molecule has 0 heterocycles. The molecule has 0 radical (unpaired) electrons. The Morgan fingerprint density at radius 3 is 2.55 bits per heavy atom. The van der Waals surface area contributed by atoms with E-state index in [4.69, 9.17) is 5.11 Å². The molecule has 4 heteroatoms. The molecule has 0 bridgehead atoms. The van der Waals surface area contributed by atoms with E-state index in [2.05, 4.69) is 36.5 Å². The van der Waals surface area contributed by atoms with Gasteiger partial charge in [0.25, 0.3) is 0 Å². The Morgan fingerprint density at radius 2 is 1.95 bits per heavy atom. The second kappa shape index (κ2) is 7.70. The number of thioether (sulfide) groups is 1. The first-order valence-electron chi connectivity index (χ1n) is 7.33. The maximum absolute atomic E-state index is 10.9. The van der Waals surface area contributed by atoms with Crippen LogP contribution in [0.5, 0.6) is 0 Å². The Morgan fingerprint density at radius 1 is 1.30 bits per heavy atom. The van der Waals surface area contributed by atoms with E-state index >= 15 is 0 Å². The van der Waals surface area contributed by atoms with Crippen molar-refractivity contribution in [3.8, 4) is 0 Å². The highest BCUT2D eigenvalue weighted by Crippen LogP contribution is 2.26.